The Morgan fingerprint density at radius 3 is 2.59 bits per heavy atom. The number of nitrogens with two attached hydrogens (primary N) is 1. The van der Waals surface area contributed by atoms with E-state index >= 15 is 0 Å². The monoisotopic (exact) mass is 236 g/mol. The Balaban J connectivity index is 2.73. The Hall–Kier alpha value is -1.06. The number of hydrogen-bond donors (Lipinski definition) is 2. The van der Waals surface area contributed by atoms with Crippen LogP contribution in [0, 0.1) is 5.41 Å². The maximum atomic E-state index is 9.48. The second-order valence-electron chi connectivity index (χ2n) is 5.55. The van der Waals surface area contributed by atoms with Crippen molar-refractivity contribution in [3.8, 4) is 5.75 Å². The van der Waals surface area contributed by atoms with Gasteiger partial charge < -0.3 is 10.8 Å². The summed E-state index contributed by atoms with van der Waals surface area (Å²) in [5.41, 5.74) is 6.99. The molecular weight excluding hydrogens is 212 g/mol. The maximum Gasteiger partial charge on any atom is 0.115 e. The van der Waals surface area contributed by atoms with Crippen LogP contribution < -0.4 is 5.73 Å². The molecule has 0 amide bonds. The smallest absolute Gasteiger partial charge is 0.115 e. The number of rotatable bonds is 5. The highest BCUT2D eigenvalue weighted by Gasteiger charge is 2.21. The molecule has 0 aliphatic rings. The van der Waals surface area contributed by atoms with Gasteiger partial charge in [0, 0.05) is 12.6 Å². The fraction of sp³-hybridized carbons (Fsp3) is 0.571. The van der Waals surface area contributed by atoms with E-state index in [4.69, 9.17) is 5.73 Å². The highest BCUT2D eigenvalue weighted by Crippen LogP contribution is 2.25. The molecule has 1 aromatic rings. The first kappa shape index (κ1) is 14.0. The number of aromatic hydroxyl groups is 1. The summed E-state index contributed by atoms with van der Waals surface area (Å²) in [5.74, 6) is 0.320. The zero-order valence-corrected chi connectivity index (χ0v) is 11.3. The van der Waals surface area contributed by atoms with E-state index < -0.39 is 0 Å². The lowest BCUT2D eigenvalue weighted by Gasteiger charge is -2.33. The molecule has 3 heteroatoms. The van der Waals surface area contributed by atoms with Crippen LogP contribution in [0.4, 0.5) is 0 Å². The van der Waals surface area contributed by atoms with E-state index in [1.807, 2.05) is 18.2 Å². The Morgan fingerprint density at radius 1 is 1.41 bits per heavy atom. The average Bonchev–Trinajstić information content (AvgIpc) is 2.27. The molecule has 0 aliphatic carbocycles. The van der Waals surface area contributed by atoms with Gasteiger partial charge in [-0.05, 0) is 43.6 Å². The van der Waals surface area contributed by atoms with Gasteiger partial charge in [0.25, 0.3) is 0 Å². The highest BCUT2D eigenvalue weighted by atomic mass is 16.3. The summed E-state index contributed by atoms with van der Waals surface area (Å²) in [6, 6.07) is 7.70. The molecule has 1 rings (SSSR count). The zero-order valence-electron chi connectivity index (χ0n) is 11.3. The molecule has 0 radical (unpaired) electrons. The minimum absolute atomic E-state index is 0.111. The van der Waals surface area contributed by atoms with Gasteiger partial charge in [-0.15, -0.1) is 0 Å². The molecular formula is C14H24N2O. The van der Waals surface area contributed by atoms with Gasteiger partial charge in [-0.1, -0.05) is 26.0 Å². The second-order valence-corrected chi connectivity index (χ2v) is 5.55. The van der Waals surface area contributed by atoms with Crippen LogP contribution in [0.1, 0.15) is 32.4 Å². The van der Waals surface area contributed by atoms with Crippen molar-refractivity contribution >= 4 is 0 Å². The first-order valence-electron chi connectivity index (χ1n) is 6.05. The minimum Gasteiger partial charge on any atom is -0.508 e. The summed E-state index contributed by atoms with van der Waals surface area (Å²) in [4.78, 5) is 2.27. The van der Waals surface area contributed by atoms with Crippen LogP contribution in [0.2, 0.25) is 0 Å². The van der Waals surface area contributed by atoms with Gasteiger partial charge in [0.05, 0.1) is 0 Å². The third kappa shape index (κ3) is 4.02. The fourth-order valence-electron chi connectivity index (χ4n) is 1.92. The highest BCUT2D eigenvalue weighted by molar-refractivity contribution is 5.29. The van der Waals surface area contributed by atoms with Gasteiger partial charge in [-0.2, -0.15) is 0 Å². The van der Waals surface area contributed by atoms with Gasteiger partial charge in [0.15, 0.2) is 0 Å². The zero-order chi connectivity index (χ0) is 13.1. The lowest BCUT2D eigenvalue weighted by molar-refractivity contribution is 0.174. The first-order valence-corrected chi connectivity index (χ1v) is 6.05. The number of nitrogens with zero attached hydrogens (tertiary/aromatic N) is 1. The normalized spacial score (nSPS) is 14.0. The molecule has 0 saturated heterocycles. The molecule has 0 aliphatic heterocycles. The largest absolute Gasteiger partial charge is 0.508 e. The second kappa shape index (κ2) is 5.52. The molecule has 0 heterocycles. The van der Waals surface area contributed by atoms with Crippen LogP contribution in [0.15, 0.2) is 24.3 Å². The number of phenols is 1. The van der Waals surface area contributed by atoms with E-state index in [-0.39, 0.29) is 11.5 Å². The van der Waals surface area contributed by atoms with E-state index in [1.165, 1.54) is 0 Å². The molecule has 0 fully saturated rings. The predicted molar refractivity (Wildman–Crippen MR) is 72.0 cm³/mol. The van der Waals surface area contributed by atoms with Crippen molar-refractivity contribution in [1.82, 2.24) is 4.90 Å². The van der Waals surface area contributed by atoms with Gasteiger partial charge in [-0.25, -0.2) is 0 Å². The Morgan fingerprint density at radius 2 is 2.06 bits per heavy atom. The summed E-state index contributed by atoms with van der Waals surface area (Å²) in [7, 11) is 2.09. The predicted octanol–water partition coefficient (Wildman–Crippen LogP) is 2.37. The van der Waals surface area contributed by atoms with Gasteiger partial charge in [-0.3, -0.25) is 4.90 Å². The fourth-order valence-corrected chi connectivity index (χ4v) is 1.92. The molecule has 3 N–H and O–H groups in total. The summed E-state index contributed by atoms with van der Waals surface area (Å²) in [6.07, 6.45) is 0. The van der Waals surface area contributed by atoms with Crippen LogP contribution >= 0.6 is 0 Å². The quantitative estimate of drug-likeness (QED) is 0.825. The molecule has 1 aromatic carbocycles. The van der Waals surface area contributed by atoms with Crippen LogP contribution in [0.5, 0.6) is 5.75 Å². The first-order chi connectivity index (χ1) is 7.85. The van der Waals surface area contributed by atoms with Gasteiger partial charge in [0.1, 0.15) is 5.75 Å². The molecule has 0 spiro atoms. The average molecular weight is 236 g/mol. The third-order valence-electron chi connectivity index (χ3n) is 3.24. The number of phenolic OH excluding ortho intramolecular Hbond substituents is 1. The number of benzene rings is 1. The van der Waals surface area contributed by atoms with Gasteiger partial charge >= 0.3 is 0 Å². The third-order valence-corrected chi connectivity index (χ3v) is 3.24. The molecule has 0 bridgehead atoms. The Labute approximate surface area is 104 Å². The Bertz CT molecular complexity index is 363. The standard InChI is InChI=1S/C14H24N2O/c1-11(12-6-5-7-13(17)8-12)16(4)10-14(2,3)9-15/h5-8,11,17H,9-10,15H2,1-4H3. The summed E-state index contributed by atoms with van der Waals surface area (Å²) >= 11 is 0. The van der Waals surface area contributed by atoms with E-state index in [1.54, 1.807) is 6.07 Å². The summed E-state index contributed by atoms with van der Waals surface area (Å²) in [6.45, 7) is 8.07. The molecule has 96 valence electrons. The lowest BCUT2D eigenvalue weighted by atomic mass is 9.92. The van der Waals surface area contributed by atoms with Crippen molar-refractivity contribution in [2.75, 3.05) is 20.1 Å². The van der Waals surface area contributed by atoms with E-state index in [0.29, 0.717) is 12.3 Å². The van der Waals surface area contributed by atoms with Crippen molar-refractivity contribution in [2.24, 2.45) is 11.1 Å². The molecule has 1 atom stereocenters. The Kier molecular flexibility index (Phi) is 4.54. The van der Waals surface area contributed by atoms with Crippen LogP contribution in [-0.4, -0.2) is 30.1 Å². The van der Waals surface area contributed by atoms with E-state index in [2.05, 4.69) is 32.7 Å². The lowest BCUT2D eigenvalue weighted by Crippen LogP contribution is -2.37. The van der Waals surface area contributed by atoms with E-state index in [0.717, 1.165) is 12.1 Å². The summed E-state index contributed by atoms with van der Waals surface area (Å²) in [5, 5.41) is 9.48. The van der Waals surface area contributed by atoms with Crippen LogP contribution in [-0.2, 0) is 0 Å². The topological polar surface area (TPSA) is 49.5 Å². The number of hydrogen-bond acceptors (Lipinski definition) is 3. The molecule has 1 unspecified atom stereocenters. The molecule has 0 saturated carbocycles. The SMILES string of the molecule is CC(c1cccc(O)c1)N(C)CC(C)(C)CN. The van der Waals surface area contributed by atoms with Crippen molar-refractivity contribution in [3.63, 3.8) is 0 Å². The van der Waals surface area contributed by atoms with Crippen LogP contribution in [0.3, 0.4) is 0 Å². The minimum atomic E-state index is 0.111. The van der Waals surface area contributed by atoms with Crippen molar-refractivity contribution in [1.29, 1.82) is 0 Å². The van der Waals surface area contributed by atoms with Gasteiger partial charge in [0.2, 0.25) is 0 Å². The summed E-state index contributed by atoms with van der Waals surface area (Å²) < 4.78 is 0. The van der Waals surface area contributed by atoms with Crippen LogP contribution in [0.25, 0.3) is 0 Å². The van der Waals surface area contributed by atoms with Crippen molar-refractivity contribution in [2.45, 2.75) is 26.8 Å². The van der Waals surface area contributed by atoms with Crippen molar-refractivity contribution < 1.29 is 5.11 Å². The maximum absolute atomic E-state index is 9.48. The van der Waals surface area contributed by atoms with E-state index in [9.17, 15) is 5.11 Å². The van der Waals surface area contributed by atoms with Crippen molar-refractivity contribution in [3.05, 3.63) is 29.8 Å². The molecule has 0 aromatic heterocycles. The molecule has 17 heavy (non-hydrogen) atoms. The molecule has 3 nitrogen and oxygen atoms in total.